The molecule has 0 bridgehead atoms. The lowest BCUT2D eigenvalue weighted by atomic mass is 10.2. The highest BCUT2D eigenvalue weighted by molar-refractivity contribution is 5.94. The van der Waals surface area contributed by atoms with E-state index in [-0.39, 0.29) is 11.7 Å². The molecular formula is C17H16FN3O. The summed E-state index contributed by atoms with van der Waals surface area (Å²) in [7, 11) is 0. The van der Waals surface area contributed by atoms with Gasteiger partial charge in [0.15, 0.2) is 0 Å². The molecule has 4 nitrogen and oxygen atoms in total. The number of aryl methyl sites for hydroxylation is 1. The van der Waals surface area contributed by atoms with E-state index < -0.39 is 0 Å². The smallest absolute Gasteiger partial charge is 0.251 e. The third-order valence-corrected chi connectivity index (χ3v) is 3.50. The summed E-state index contributed by atoms with van der Waals surface area (Å²) in [6.45, 7) is 1.34. The number of rotatable bonds is 5. The lowest BCUT2D eigenvalue weighted by Crippen LogP contribution is -2.25. The van der Waals surface area contributed by atoms with Crippen LogP contribution in [0, 0.1) is 5.82 Å². The molecule has 1 heterocycles. The van der Waals surface area contributed by atoms with Crippen LogP contribution in [-0.4, -0.2) is 22.0 Å². The molecule has 112 valence electrons. The number of amides is 1. The Labute approximate surface area is 127 Å². The zero-order valence-electron chi connectivity index (χ0n) is 12.0. The number of nitrogens with zero attached hydrogens (tertiary/aromatic N) is 2. The van der Waals surface area contributed by atoms with E-state index in [4.69, 9.17) is 0 Å². The number of aromatic nitrogens is 2. The average molecular weight is 297 g/mol. The first-order valence-electron chi connectivity index (χ1n) is 7.18. The van der Waals surface area contributed by atoms with Crippen molar-refractivity contribution in [3.63, 3.8) is 0 Å². The third kappa shape index (κ3) is 3.14. The van der Waals surface area contributed by atoms with Crippen molar-refractivity contribution in [3.05, 3.63) is 66.2 Å². The summed E-state index contributed by atoms with van der Waals surface area (Å²) in [6, 6.07) is 13.5. The number of nitrogens with one attached hydrogen (secondary N) is 1. The highest BCUT2D eigenvalue weighted by Crippen LogP contribution is 2.11. The van der Waals surface area contributed by atoms with E-state index >= 15 is 0 Å². The number of carbonyl (C=O) groups excluding carboxylic acids is 1. The summed E-state index contributed by atoms with van der Waals surface area (Å²) in [5.74, 6) is -0.529. The molecule has 2 aromatic carbocycles. The minimum atomic E-state index is -0.344. The minimum absolute atomic E-state index is 0.185. The highest BCUT2D eigenvalue weighted by Gasteiger charge is 2.05. The van der Waals surface area contributed by atoms with E-state index in [1.165, 1.54) is 24.3 Å². The maximum Gasteiger partial charge on any atom is 0.251 e. The summed E-state index contributed by atoms with van der Waals surface area (Å²) in [5.41, 5.74) is 2.53. The quantitative estimate of drug-likeness (QED) is 0.736. The van der Waals surface area contributed by atoms with Gasteiger partial charge in [0.25, 0.3) is 5.91 Å². The summed E-state index contributed by atoms with van der Waals surface area (Å²) < 4.78 is 14.9. The molecule has 22 heavy (non-hydrogen) atoms. The Bertz CT molecular complexity index is 780. The maximum absolute atomic E-state index is 12.8. The van der Waals surface area contributed by atoms with Gasteiger partial charge in [-0.2, -0.15) is 0 Å². The van der Waals surface area contributed by atoms with Crippen LogP contribution in [0.5, 0.6) is 0 Å². The lowest BCUT2D eigenvalue weighted by molar-refractivity contribution is 0.0952. The van der Waals surface area contributed by atoms with Crippen molar-refractivity contribution < 1.29 is 9.18 Å². The summed E-state index contributed by atoms with van der Waals surface area (Å²) in [4.78, 5) is 16.2. The number of para-hydroxylation sites is 2. The molecule has 3 rings (SSSR count). The van der Waals surface area contributed by atoms with Gasteiger partial charge in [-0.15, -0.1) is 0 Å². The largest absolute Gasteiger partial charge is 0.352 e. The van der Waals surface area contributed by atoms with Crippen molar-refractivity contribution in [1.82, 2.24) is 14.9 Å². The minimum Gasteiger partial charge on any atom is -0.352 e. The summed E-state index contributed by atoms with van der Waals surface area (Å²) >= 11 is 0. The van der Waals surface area contributed by atoms with Crippen molar-refractivity contribution in [2.75, 3.05) is 6.54 Å². The molecule has 1 aromatic heterocycles. The molecule has 0 aliphatic rings. The van der Waals surface area contributed by atoms with Crippen LogP contribution in [0.4, 0.5) is 4.39 Å². The van der Waals surface area contributed by atoms with Gasteiger partial charge in [-0.3, -0.25) is 4.79 Å². The van der Waals surface area contributed by atoms with Crippen LogP contribution >= 0.6 is 0 Å². The molecule has 0 fully saturated rings. The first-order chi connectivity index (χ1) is 10.7. The number of carbonyl (C=O) groups is 1. The molecule has 1 N–H and O–H groups in total. The fourth-order valence-corrected chi connectivity index (χ4v) is 2.34. The van der Waals surface area contributed by atoms with E-state index in [1.54, 1.807) is 0 Å². The van der Waals surface area contributed by atoms with Crippen LogP contribution in [0.25, 0.3) is 11.0 Å². The number of benzene rings is 2. The van der Waals surface area contributed by atoms with Gasteiger partial charge in [0, 0.05) is 18.7 Å². The van der Waals surface area contributed by atoms with Gasteiger partial charge in [0.1, 0.15) is 5.82 Å². The number of halogens is 1. The van der Waals surface area contributed by atoms with Crippen LogP contribution in [0.15, 0.2) is 54.9 Å². The van der Waals surface area contributed by atoms with Crippen LogP contribution in [-0.2, 0) is 6.54 Å². The zero-order valence-corrected chi connectivity index (χ0v) is 12.0. The molecule has 0 spiro atoms. The predicted molar refractivity (Wildman–Crippen MR) is 83.1 cm³/mol. The second-order valence-corrected chi connectivity index (χ2v) is 5.04. The Morgan fingerprint density at radius 2 is 1.91 bits per heavy atom. The molecule has 5 heteroatoms. The van der Waals surface area contributed by atoms with E-state index in [1.807, 2.05) is 30.6 Å². The van der Waals surface area contributed by atoms with Crippen LogP contribution < -0.4 is 5.32 Å². The number of hydrogen-bond donors (Lipinski definition) is 1. The molecule has 0 radical (unpaired) electrons. The molecule has 0 unspecified atom stereocenters. The molecule has 0 saturated heterocycles. The van der Waals surface area contributed by atoms with Crippen molar-refractivity contribution in [1.29, 1.82) is 0 Å². The summed E-state index contributed by atoms with van der Waals surface area (Å²) in [6.07, 6.45) is 2.61. The molecule has 0 aliphatic heterocycles. The monoisotopic (exact) mass is 297 g/mol. The Morgan fingerprint density at radius 1 is 1.14 bits per heavy atom. The second-order valence-electron chi connectivity index (χ2n) is 5.04. The van der Waals surface area contributed by atoms with Gasteiger partial charge in [0.2, 0.25) is 0 Å². The topological polar surface area (TPSA) is 46.9 Å². The van der Waals surface area contributed by atoms with Gasteiger partial charge in [-0.1, -0.05) is 12.1 Å². The lowest BCUT2D eigenvalue weighted by Gasteiger charge is -2.07. The van der Waals surface area contributed by atoms with Crippen LogP contribution in [0.1, 0.15) is 16.8 Å². The first kappa shape index (κ1) is 14.3. The van der Waals surface area contributed by atoms with E-state index in [2.05, 4.69) is 14.9 Å². The highest BCUT2D eigenvalue weighted by atomic mass is 19.1. The van der Waals surface area contributed by atoms with Crippen molar-refractivity contribution >= 4 is 16.9 Å². The van der Waals surface area contributed by atoms with Crippen molar-refractivity contribution in [2.24, 2.45) is 0 Å². The molecule has 0 saturated carbocycles. The van der Waals surface area contributed by atoms with E-state index in [0.717, 1.165) is 24.0 Å². The average Bonchev–Trinajstić information content (AvgIpc) is 2.95. The SMILES string of the molecule is O=C(NCCCn1cnc2ccccc21)c1ccc(F)cc1. The van der Waals surface area contributed by atoms with Gasteiger partial charge in [-0.05, 0) is 42.8 Å². The van der Waals surface area contributed by atoms with Crippen LogP contribution in [0.2, 0.25) is 0 Å². The Hall–Kier alpha value is -2.69. The Morgan fingerprint density at radius 3 is 2.73 bits per heavy atom. The number of fused-ring (bicyclic) bond motifs is 1. The van der Waals surface area contributed by atoms with Gasteiger partial charge >= 0.3 is 0 Å². The first-order valence-corrected chi connectivity index (χ1v) is 7.18. The van der Waals surface area contributed by atoms with E-state index in [0.29, 0.717) is 12.1 Å². The number of hydrogen-bond acceptors (Lipinski definition) is 2. The predicted octanol–water partition coefficient (Wildman–Crippen LogP) is 3.00. The zero-order chi connectivity index (χ0) is 15.4. The van der Waals surface area contributed by atoms with Gasteiger partial charge < -0.3 is 9.88 Å². The summed E-state index contributed by atoms with van der Waals surface area (Å²) in [5, 5.41) is 2.83. The molecule has 3 aromatic rings. The van der Waals surface area contributed by atoms with Crippen LogP contribution in [0.3, 0.4) is 0 Å². The Kier molecular flexibility index (Phi) is 4.14. The molecular weight excluding hydrogens is 281 g/mol. The fourth-order valence-electron chi connectivity index (χ4n) is 2.34. The van der Waals surface area contributed by atoms with Gasteiger partial charge in [0.05, 0.1) is 17.4 Å². The fraction of sp³-hybridized carbons (Fsp3) is 0.176. The number of imidazole rings is 1. The Balaban J connectivity index is 1.51. The van der Waals surface area contributed by atoms with Gasteiger partial charge in [-0.25, -0.2) is 9.37 Å². The molecule has 0 aliphatic carbocycles. The van der Waals surface area contributed by atoms with Crippen molar-refractivity contribution in [2.45, 2.75) is 13.0 Å². The standard InChI is InChI=1S/C17H16FN3O/c18-14-8-6-13(7-9-14)17(22)19-10-3-11-21-12-20-15-4-1-2-5-16(15)21/h1-2,4-9,12H,3,10-11H2,(H,19,22). The third-order valence-electron chi connectivity index (χ3n) is 3.50. The van der Waals surface area contributed by atoms with E-state index in [9.17, 15) is 9.18 Å². The molecule has 1 amide bonds. The normalized spacial score (nSPS) is 10.8. The maximum atomic E-state index is 12.8. The second kappa shape index (κ2) is 6.39. The molecule has 0 atom stereocenters. The van der Waals surface area contributed by atoms with Crippen molar-refractivity contribution in [3.8, 4) is 0 Å².